The van der Waals surface area contributed by atoms with E-state index >= 15 is 0 Å². The van der Waals surface area contributed by atoms with Crippen LogP contribution in [0.1, 0.15) is 49.2 Å². The minimum Gasteiger partial charge on any atom is -0.305 e. The molecular weight excluding hydrogens is 252 g/mol. The number of nitrogens with one attached hydrogen (secondary N) is 1. The van der Waals surface area contributed by atoms with Gasteiger partial charge in [0.1, 0.15) is 0 Å². The molecule has 3 heteroatoms. The lowest BCUT2D eigenvalue weighted by Gasteiger charge is -2.14. The Kier molecular flexibility index (Phi) is 4.38. The van der Waals surface area contributed by atoms with Gasteiger partial charge in [-0.25, -0.2) is 4.98 Å². The maximum absolute atomic E-state index is 4.52. The van der Waals surface area contributed by atoms with Crippen LogP contribution in [0.2, 0.25) is 0 Å². The molecule has 0 amide bonds. The van der Waals surface area contributed by atoms with Crippen LogP contribution in [0.3, 0.4) is 0 Å². The summed E-state index contributed by atoms with van der Waals surface area (Å²) in [6.07, 6.45) is 2.00. The molecular formula is C16H22N2S. The maximum atomic E-state index is 4.52. The molecule has 1 aromatic carbocycles. The summed E-state index contributed by atoms with van der Waals surface area (Å²) in [5.41, 5.74) is 1.47. The van der Waals surface area contributed by atoms with Crippen molar-refractivity contribution in [2.75, 3.05) is 0 Å². The van der Waals surface area contributed by atoms with E-state index in [1.165, 1.54) is 15.4 Å². The van der Waals surface area contributed by atoms with Gasteiger partial charge in [-0.1, -0.05) is 51.1 Å². The van der Waals surface area contributed by atoms with E-state index in [1.54, 1.807) is 11.3 Å². The molecule has 0 aliphatic carbocycles. The quantitative estimate of drug-likeness (QED) is 0.899. The third-order valence-electron chi connectivity index (χ3n) is 3.08. The summed E-state index contributed by atoms with van der Waals surface area (Å²) in [5.74, 6) is 0. The molecule has 102 valence electrons. The van der Waals surface area contributed by atoms with E-state index in [2.05, 4.69) is 68.3 Å². The van der Waals surface area contributed by atoms with Crippen LogP contribution in [0.25, 0.3) is 0 Å². The molecule has 1 heterocycles. The molecule has 0 bridgehead atoms. The second kappa shape index (κ2) is 5.85. The van der Waals surface area contributed by atoms with Crippen molar-refractivity contribution in [3.63, 3.8) is 0 Å². The normalized spacial score (nSPS) is 13.5. The zero-order valence-corrected chi connectivity index (χ0v) is 12.9. The lowest BCUT2D eigenvalue weighted by Crippen LogP contribution is -2.17. The highest BCUT2D eigenvalue weighted by atomic mass is 32.1. The molecule has 1 aromatic heterocycles. The van der Waals surface area contributed by atoms with Gasteiger partial charge in [-0.3, -0.25) is 0 Å². The number of hydrogen-bond acceptors (Lipinski definition) is 3. The van der Waals surface area contributed by atoms with E-state index in [9.17, 15) is 0 Å². The number of aromatic nitrogens is 1. The van der Waals surface area contributed by atoms with Crippen LogP contribution in [-0.2, 0) is 12.0 Å². The van der Waals surface area contributed by atoms with Crippen molar-refractivity contribution < 1.29 is 0 Å². The fraction of sp³-hybridized carbons (Fsp3) is 0.438. The van der Waals surface area contributed by atoms with Gasteiger partial charge in [0, 0.05) is 29.1 Å². The zero-order chi connectivity index (χ0) is 13.9. The van der Waals surface area contributed by atoms with E-state index in [0.717, 1.165) is 6.54 Å². The molecule has 0 fully saturated rings. The average Bonchev–Trinajstić information content (AvgIpc) is 2.86. The number of rotatable bonds is 4. The molecule has 2 aromatic rings. The Morgan fingerprint density at radius 1 is 1.21 bits per heavy atom. The third-order valence-corrected chi connectivity index (χ3v) is 4.50. The van der Waals surface area contributed by atoms with Crippen molar-refractivity contribution in [1.82, 2.24) is 10.3 Å². The fourth-order valence-electron chi connectivity index (χ4n) is 1.85. The van der Waals surface area contributed by atoms with Gasteiger partial charge in [0.15, 0.2) is 0 Å². The Bertz CT molecular complexity index is 511. The maximum Gasteiger partial charge on any atom is 0.0981 e. The summed E-state index contributed by atoms with van der Waals surface area (Å²) in [6, 6.07) is 10.9. The second-order valence-electron chi connectivity index (χ2n) is 5.89. The van der Waals surface area contributed by atoms with Crippen molar-refractivity contribution in [2.24, 2.45) is 0 Å². The standard InChI is InChI=1S/C16H22N2S/c1-12(13-8-6-5-7-9-13)17-10-14-11-18-15(19-14)16(2,3)4/h5-9,11-12,17H,10H2,1-4H3/t12-/m1/s1. The summed E-state index contributed by atoms with van der Waals surface area (Å²) in [6.45, 7) is 9.69. The Labute approximate surface area is 119 Å². The zero-order valence-electron chi connectivity index (χ0n) is 12.1. The van der Waals surface area contributed by atoms with Crippen molar-refractivity contribution >= 4 is 11.3 Å². The monoisotopic (exact) mass is 274 g/mol. The highest BCUT2D eigenvalue weighted by Gasteiger charge is 2.18. The van der Waals surface area contributed by atoms with Gasteiger partial charge in [0.05, 0.1) is 5.01 Å². The molecule has 1 atom stereocenters. The summed E-state index contributed by atoms with van der Waals surface area (Å²) in [5, 5.41) is 4.76. The van der Waals surface area contributed by atoms with E-state index in [1.807, 2.05) is 6.20 Å². The smallest absolute Gasteiger partial charge is 0.0981 e. The third kappa shape index (κ3) is 3.88. The Morgan fingerprint density at radius 3 is 2.47 bits per heavy atom. The fourth-order valence-corrected chi connectivity index (χ4v) is 2.77. The van der Waals surface area contributed by atoms with E-state index < -0.39 is 0 Å². The molecule has 2 nitrogen and oxygen atoms in total. The van der Waals surface area contributed by atoms with Crippen LogP contribution < -0.4 is 5.32 Å². The van der Waals surface area contributed by atoms with Crippen LogP contribution in [-0.4, -0.2) is 4.98 Å². The van der Waals surface area contributed by atoms with Gasteiger partial charge in [0.25, 0.3) is 0 Å². The van der Waals surface area contributed by atoms with Gasteiger partial charge in [-0.05, 0) is 12.5 Å². The van der Waals surface area contributed by atoms with Crippen molar-refractivity contribution in [2.45, 2.75) is 45.7 Å². The van der Waals surface area contributed by atoms with Crippen LogP contribution in [0, 0.1) is 0 Å². The lowest BCUT2D eigenvalue weighted by atomic mass is 9.98. The van der Waals surface area contributed by atoms with Crippen molar-refractivity contribution in [3.8, 4) is 0 Å². The molecule has 0 unspecified atom stereocenters. The Hall–Kier alpha value is -1.19. The predicted octanol–water partition coefficient (Wildman–Crippen LogP) is 4.29. The first-order valence-electron chi connectivity index (χ1n) is 6.70. The SMILES string of the molecule is C[C@@H](NCc1cnc(C(C)(C)C)s1)c1ccccc1. The predicted molar refractivity (Wildman–Crippen MR) is 82.5 cm³/mol. The topological polar surface area (TPSA) is 24.9 Å². The average molecular weight is 274 g/mol. The van der Waals surface area contributed by atoms with Gasteiger partial charge in [-0.2, -0.15) is 0 Å². The first-order chi connectivity index (χ1) is 8.97. The largest absolute Gasteiger partial charge is 0.305 e. The molecule has 2 rings (SSSR count). The van der Waals surface area contributed by atoms with Gasteiger partial charge >= 0.3 is 0 Å². The molecule has 0 saturated heterocycles. The number of benzene rings is 1. The molecule has 19 heavy (non-hydrogen) atoms. The molecule has 0 aliphatic rings. The number of thiazole rings is 1. The Balaban J connectivity index is 1.94. The first kappa shape index (κ1) is 14.2. The van der Waals surface area contributed by atoms with Crippen LogP contribution in [0.4, 0.5) is 0 Å². The number of hydrogen-bond donors (Lipinski definition) is 1. The minimum absolute atomic E-state index is 0.147. The van der Waals surface area contributed by atoms with Gasteiger partial charge in [0.2, 0.25) is 0 Å². The van der Waals surface area contributed by atoms with Crippen LogP contribution in [0.5, 0.6) is 0 Å². The van der Waals surface area contributed by atoms with Gasteiger partial charge < -0.3 is 5.32 Å². The summed E-state index contributed by atoms with van der Waals surface area (Å²) in [4.78, 5) is 5.82. The molecule has 0 saturated carbocycles. The van der Waals surface area contributed by atoms with E-state index in [0.29, 0.717) is 6.04 Å². The Morgan fingerprint density at radius 2 is 1.89 bits per heavy atom. The highest BCUT2D eigenvalue weighted by molar-refractivity contribution is 7.11. The molecule has 0 radical (unpaired) electrons. The van der Waals surface area contributed by atoms with E-state index in [-0.39, 0.29) is 5.41 Å². The summed E-state index contributed by atoms with van der Waals surface area (Å²) in [7, 11) is 0. The van der Waals surface area contributed by atoms with Crippen molar-refractivity contribution in [1.29, 1.82) is 0 Å². The first-order valence-corrected chi connectivity index (χ1v) is 7.52. The number of nitrogens with zero attached hydrogens (tertiary/aromatic N) is 1. The van der Waals surface area contributed by atoms with Crippen molar-refractivity contribution in [3.05, 3.63) is 52.0 Å². The van der Waals surface area contributed by atoms with Crippen LogP contribution >= 0.6 is 11.3 Å². The highest BCUT2D eigenvalue weighted by Crippen LogP contribution is 2.27. The summed E-state index contributed by atoms with van der Waals surface area (Å²) < 4.78 is 0. The second-order valence-corrected chi connectivity index (χ2v) is 7.01. The summed E-state index contributed by atoms with van der Waals surface area (Å²) >= 11 is 1.80. The van der Waals surface area contributed by atoms with Crippen LogP contribution in [0.15, 0.2) is 36.5 Å². The molecule has 0 spiro atoms. The minimum atomic E-state index is 0.147. The lowest BCUT2D eigenvalue weighted by molar-refractivity contribution is 0.578. The molecule has 0 aliphatic heterocycles. The van der Waals surface area contributed by atoms with E-state index in [4.69, 9.17) is 0 Å². The molecule has 1 N–H and O–H groups in total. The van der Waals surface area contributed by atoms with Gasteiger partial charge in [-0.15, -0.1) is 11.3 Å².